The number of hydrogen-bond donors (Lipinski definition) is 0. The number of ether oxygens (including phenoxy) is 2. The molecule has 0 amide bonds. The van der Waals surface area contributed by atoms with Crippen molar-refractivity contribution in [2.75, 3.05) is 27.0 Å². The van der Waals surface area contributed by atoms with E-state index in [2.05, 4.69) is 91.6 Å². The first kappa shape index (κ1) is 23.4. The van der Waals surface area contributed by atoms with Crippen LogP contribution in [0.3, 0.4) is 0 Å². The molecule has 0 bridgehead atoms. The van der Waals surface area contributed by atoms with Gasteiger partial charge in [0, 0.05) is 0 Å². The Morgan fingerprint density at radius 3 is 1.30 bits per heavy atom. The van der Waals surface area contributed by atoms with Crippen LogP contribution in [0.25, 0.3) is 0 Å². The van der Waals surface area contributed by atoms with Crippen molar-refractivity contribution >= 4 is 30.5 Å². The average Bonchev–Trinajstić information content (AvgIpc) is 2.89. The molecule has 0 radical (unpaired) electrons. The first-order valence-electron chi connectivity index (χ1n) is 11.0. The molecule has 0 aliphatic heterocycles. The van der Waals surface area contributed by atoms with Crippen LogP contribution in [0.4, 0.5) is 0 Å². The van der Waals surface area contributed by atoms with E-state index in [9.17, 15) is 0 Å². The predicted molar refractivity (Wildman–Crippen MR) is 144 cm³/mol. The molecule has 0 unspecified atom stereocenters. The summed E-state index contributed by atoms with van der Waals surface area (Å²) in [4.78, 5) is 0. The van der Waals surface area contributed by atoms with Crippen molar-refractivity contribution in [1.29, 1.82) is 0 Å². The molecule has 168 valence electrons. The lowest BCUT2D eigenvalue weighted by Crippen LogP contribution is -2.36. The molecular formula is C29H29O2PS. The van der Waals surface area contributed by atoms with Crippen molar-refractivity contribution in [2.24, 2.45) is 0 Å². The lowest BCUT2D eigenvalue weighted by Gasteiger charge is -2.45. The summed E-state index contributed by atoms with van der Waals surface area (Å²) in [5.41, 5.74) is 2.20. The molecule has 0 fully saturated rings. The highest BCUT2D eigenvalue weighted by molar-refractivity contribution is 7.89. The zero-order chi connectivity index (χ0) is 23.3. The number of hydrogen-bond acceptors (Lipinski definition) is 3. The molecule has 0 spiro atoms. The van der Waals surface area contributed by atoms with Crippen LogP contribution >= 0.6 is 7.26 Å². The second kappa shape index (κ2) is 10.0. The SMILES string of the molecule is COc1ccc(C([S-])(C[P+](C)(c2ccccc2)c2ccccc2)c2ccc(OC)cc2)cc1. The van der Waals surface area contributed by atoms with Gasteiger partial charge >= 0.3 is 0 Å². The van der Waals surface area contributed by atoms with Crippen LogP contribution in [0.15, 0.2) is 109 Å². The minimum Gasteiger partial charge on any atom is -0.773 e. The molecule has 0 aliphatic carbocycles. The highest BCUT2D eigenvalue weighted by Gasteiger charge is 2.42. The molecule has 4 rings (SSSR count). The summed E-state index contributed by atoms with van der Waals surface area (Å²) in [6.07, 6.45) is 0.821. The first-order chi connectivity index (χ1) is 16.0. The fourth-order valence-corrected chi connectivity index (χ4v) is 8.99. The molecule has 4 aromatic rings. The van der Waals surface area contributed by atoms with Crippen molar-refractivity contribution < 1.29 is 9.47 Å². The van der Waals surface area contributed by atoms with Gasteiger partial charge in [-0.3, -0.25) is 0 Å². The quantitative estimate of drug-likeness (QED) is 0.239. The minimum atomic E-state index is -1.83. The summed E-state index contributed by atoms with van der Waals surface area (Å²) in [6, 6.07) is 38.1. The van der Waals surface area contributed by atoms with E-state index in [1.807, 2.05) is 24.3 Å². The minimum absolute atomic E-state index is 0.618. The molecule has 0 atom stereocenters. The van der Waals surface area contributed by atoms with E-state index < -0.39 is 12.0 Å². The maximum Gasteiger partial charge on any atom is 0.118 e. The molecule has 0 saturated heterocycles. The van der Waals surface area contributed by atoms with E-state index in [0.717, 1.165) is 28.8 Å². The number of rotatable bonds is 8. The highest BCUT2D eigenvalue weighted by atomic mass is 32.1. The predicted octanol–water partition coefficient (Wildman–Crippen LogP) is 5.79. The molecule has 0 heterocycles. The number of benzene rings is 4. The van der Waals surface area contributed by atoms with Crippen LogP contribution in [0, 0.1) is 0 Å². The van der Waals surface area contributed by atoms with E-state index in [4.69, 9.17) is 22.1 Å². The Hall–Kier alpha value is -2.74. The maximum absolute atomic E-state index is 6.59. The zero-order valence-electron chi connectivity index (χ0n) is 19.3. The Kier molecular flexibility index (Phi) is 7.12. The van der Waals surface area contributed by atoms with Gasteiger partial charge in [-0.25, -0.2) is 0 Å². The van der Waals surface area contributed by atoms with Crippen molar-refractivity contribution in [3.8, 4) is 11.5 Å². The summed E-state index contributed by atoms with van der Waals surface area (Å²) >= 11 is 6.59. The van der Waals surface area contributed by atoms with Crippen molar-refractivity contribution in [2.45, 2.75) is 4.75 Å². The summed E-state index contributed by atoms with van der Waals surface area (Å²) in [6.45, 7) is 2.41. The van der Waals surface area contributed by atoms with Crippen LogP contribution in [0.2, 0.25) is 0 Å². The van der Waals surface area contributed by atoms with Gasteiger partial charge in [-0.2, -0.15) is 0 Å². The van der Waals surface area contributed by atoms with Gasteiger partial charge in [0.15, 0.2) is 0 Å². The fourth-order valence-electron chi connectivity index (χ4n) is 4.36. The van der Waals surface area contributed by atoms with E-state index in [1.54, 1.807) is 14.2 Å². The third-order valence-electron chi connectivity index (χ3n) is 6.30. The lowest BCUT2D eigenvalue weighted by atomic mass is 9.91. The molecular weight excluding hydrogens is 443 g/mol. The van der Waals surface area contributed by atoms with Gasteiger partial charge in [0.1, 0.15) is 11.5 Å². The summed E-state index contributed by atoms with van der Waals surface area (Å²) < 4.78 is 10.2. The Morgan fingerprint density at radius 2 is 0.970 bits per heavy atom. The monoisotopic (exact) mass is 472 g/mol. The molecule has 33 heavy (non-hydrogen) atoms. The maximum atomic E-state index is 6.59. The van der Waals surface area contributed by atoms with Gasteiger partial charge in [0.05, 0.1) is 44.9 Å². The van der Waals surface area contributed by atoms with Gasteiger partial charge in [0.2, 0.25) is 0 Å². The molecule has 4 heteroatoms. The largest absolute Gasteiger partial charge is 0.773 e. The van der Waals surface area contributed by atoms with Gasteiger partial charge < -0.3 is 22.1 Å². The van der Waals surface area contributed by atoms with Gasteiger partial charge in [-0.1, -0.05) is 76.5 Å². The van der Waals surface area contributed by atoms with Gasteiger partial charge in [0.25, 0.3) is 0 Å². The van der Waals surface area contributed by atoms with Crippen LogP contribution in [0.1, 0.15) is 11.1 Å². The molecule has 0 aliphatic rings. The molecule has 4 aromatic carbocycles. The smallest absolute Gasteiger partial charge is 0.118 e. The molecule has 0 N–H and O–H groups in total. The Morgan fingerprint density at radius 1 is 0.606 bits per heavy atom. The lowest BCUT2D eigenvalue weighted by molar-refractivity contribution is 0.414. The van der Waals surface area contributed by atoms with E-state index in [1.165, 1.54) is 10.6 Å². The van der Waals surface area contributed by atoms with Crippen LogP contribution in [0.5, 0.6) is 11.5 Å². The van der Waals surface area contributed by atoms with Crippen molar-refractivity contribution in [3.63, 3.8) is 0 Å². The normalized spacial score (nSPS) is 11.8. The van der Waals surface area contributed by atoms with Crippen molar-refractivity contribution in [3.05, 3.63) is 120 Å². The topological polar surface area (TPSA) is 18.5 Å². The molecule has 2 nitrogen and oxygen atoms in total. The standard InChI is InChI=1S/C29H29O2PS/c1-30-25-18-14-23(15-19-25)29(33,24-16-20-26(31-2)21-17-24)22-32(3,27-10-6-4-7-11-27)28-12-8-5-9-13-28/h4-21H,22H2,1-3H3. The van der Waals surface area contributed by atoms with Gasteiger partial charge in [-0.15, -0.1) is 0 Å². The second-order valence-electron chi connectivity index (χ2n) is 8.30. The van der Waals surface area contributed by atoms with E-state index in [0.29, 0.717) is 0 Å². The highest BCUT2D eigenvalue weighted by Crippen LogP contribution is 2.58. The Balaban J connectivity index is 1.89. The number of methoxy groups -OCH3 is 2. The third-order valence-corrected chi connectivity index (χ3v) is 11.1. The molecule has 0 aromatic heterocycles. The first-order valence-corrected chi connectivity index (χ1v) is 13.8. The van der Waals surface area contributed by atoms with Crippen LogP contribution in [-0.2, 0) is 17.4 Å². The zero-order valence-corrected chi connectivity index (χ0v) is 21.0. The molecule has 0 saturated carbocycles. The summed E-state index contributed by atoms with van der Waals surface area (Å²) in [5, 5.41) is 2.71. The van der Waals surface area contributed by atoms with E-state index in [-0.39, 0.29) is 0 Å². The van der Waals surface area contributed by atoms with E-state index >= 15 is 0 Å². The third kappa shape index (κ3) is 4.81. The fraction of sp³-hybridized carbons (Fsp3) is 0.172. The average molecular weight is 473 g/mol. The van der Waals surface area contributed by atoms with Crippen molar-refractivity contribution in [1.82, 2.24) is 0 Å². The summed E-state index contributed by atoms with van der Waals surface area (Å²) in [7, 11) is 1.54. The second-order valence-corrected chi connectivity index (χ2v) is 12.7. The van der Waals surface area contributed by atoms with Gasteiger partial charge in [-0.05, 0) is 48.5 Å². The van der Waals surface area contributed by atoms with Crippen LogP contribution in [-0.4, -0.2) is 27.0 Å². The Labute approximate surface area is 203 Å². The summed E-state index contributed by atoms with van der Waals surface area (Å²) in [5.74, 6) is 1.66. The van der Waals surface area contributed by atoms with Crippen LogP contribution < -0.4 is 20.1 Å². The Bertz CT molecular complexity index is 1070.